The number of hydrogen-bond donors (Lipinski definition) is 1. The van der Waals surface area contributed by atoms with Crippen LogP contribution < -0.4 is 5.32 Å². The predicted octanol–water partition coefficient (Wildman–Crippen LogP) is 1.61. The third-order valence-electron chi connectivity index (χ3n) is 2.68. The number of ether oxygens (including phenoxy) is 1. The zero-order valence-corrected chi connectivity index (χ0v) is 12.4. The normalized spacial score (nSPS) is 12.9. The number of sulfone groups is 1. The minimum Gasteiger partial charge on any atom is -0.383 e. The molecule has 0 aromatic rings. The predicted molar refractivity (Wildman–Crippen MR) is 72.1 cm³/mol. The van der Waals surface area contributed by atoms with Crippen LogP contribution >= 0.6 is 0 Å². The molecule has 17 heavy (non-hydrogen) atoms. The van der Waals surface area contributed by atoms with Crippen LogP contribution in [0.25, 0.3) is 0 Å². The topological polar surface area (TPSA) is 55.4 Å². The van der Waals surface area contributed by atoms with Gasteiger partial charge in [-0.2, -0.15) is 0 Å². The summed E-state index contributed by atoms with van der Waals surface area (Å²) in [4.78, 5) is 0. The second-order valence-electron chi connectivity index (χ2n) is 5.23. The summed E-state index contributed by atoms with van der Waals surface area (Å²) in [5, 5.41) is 3.24. The second kappa shape index (κ2) is 8.06. The molecule has 0 spiro atoms. The van der Waals surface area contributed by atoms with E-state index >= 15 is 0 Å². The van der Waals surface area contributed by atoms with Crippen LogP contribution in [0.15, 0.2) is 0 Å². The van der Waals surface area contributed by atoms with Gasteiger partial charge in [-0.15, -0.1) is 0 Å². The van der Waals surface area contributed by atoms with Crippen molar-refractivity contribution in [1.29, 1.82) is 0 Å². The van der Waals surface area contributed by atoms with Crippen molar-refractivity contribution >= 4 is 9.84 Å². The van der Waals surface area contributed by atoms with E-state index in [4.69, 9.17) is 4.74 Å². The fourth-order valence-corrected chi connectivity index (χ4v) is 2.52. The molecule has 4 nitrogen and oxygen atoms in total. The van der Waals surface area contributed by atoms with E-state index < -0.39 is 14.6 Å². The Morgan fingerprint density at radius 3 is 2.24 bits per heavy atom. The summed E-state index contributed by atoms with van der Waals surface area (Å²) in [6.45, 7) is 7.78. The molecule has 0 saturated heterocycles. The smallest absolute Gasteiger partial charge is 0.155 e. The first-order valence-corrected chi connectivity index (χ1v) is 7.88. The average Bonchev–Trinajstić information content (AvgIpc) is 2.20. The lowest BCUT2D eigenvalue weighted by Gasteiger charge is -2.18. The van der Waals surface area contributed by atoms with E-state index in [1.165, 1.54) is 0 Å². The SMILES string of the molecule is COCCNCCCCCS(=O)(=O)C(C)(C)C. The maximum atomic E-state index is 11.8. The molecule has 0 fully saturated rings. The fourth-order valence-electron chi connectivity index (χ4n) is 1.32. The van der Waals surface area contributed by atoms with Gasteiger partial charge in [-0.1, -0.05) is 6.42 Å². The third kappa shape index (κ3) is 7.73. The Morgan fingerprint density at radius 1 is 1.06 bits per heavy atom. The molecule has 0 aliphatic carbocycles. The highest BCUT2D eigenvalue weighted by Crippen LogP contribution is 2.17. The molecule has 0 aromatic heterocycles. The van der Waals surface area contributed by atoms with Crippen LogP contribution in [0.4, 0.5) is 0 Å². The molecule has 0 bridgehead atoms. The molecule has 0 heterocycles. The molecule has 104 valence electrons. The van der Waals surface area contributed by atoms with E-state index in [1.807, 2.05) is 0 Å². The lowest BCUT2D eigenvalue weighted by molar-refractivity contribution is 0.199. The Labute approximate surface area is 106 Å². The molecular weight excluding hydrogens is 238 g/mol. The Balaban J connectivity index is 3.53. The standard InChI is InChI=1S/C12H27NO3S/c1-12(2,3)17(14,15)11-7-5-6-8-13-9-10-16-4/h13H,5-11H2,1-4H3. The van der Waals surface area contributed by atoms with Gasteiger partial charge in [0.1, 0.15) is 0 Å². The number of methoxy groups -OCH3 is 1. The van der Waals surface area contributed by atoms with Gasteiger partial charge in [0.15, 0.2) is 9.84 Å². The summed E-state index contributed by atoms with van der Waals surface area (Å²) in [7, 11) is -1.26. The third-order valence-corrected chi connectivity index (χ3v) is 5.37. The van der Waals surface area contributed by atoms with E-state index in [0.717, 1.165) is 39.0 Å². The molecule has 0 amide bonds. The van der Waals surface area contributed by atoms with Crippen LogP contribution in [0.2, 0.25) is 0 Å². The van der Waals surface area contributed by atoms with Gasteiger partial charge in [-0.25, -0.2) is 8.42 Å². The maximum absolute atomic E-state index is 11.8. The van der Waals surface area contributed by atoms with Crippen LogP contribution in [0.5, 0.6) is 0 Å². The van der Waals surface area contributed by atoms with Crippen molar-refractivity contribution in [2.75, 3.05) is 32.6 Å². The molecule has 0 aliphatic heterocycles. The van der Waals surface area contributed by atoms with E-state index in [0.29, 0.717) is 5.75 Å². The van der Waals surface area contributed by atoms with Crippen LogP contribution in [0, 0.1) is 0 Å². The Morgan fingerprint density at radius 2 is 1.71 bits per heavy atom. The first-order valence-electron chi connectivity index (χ1n) is 6.23. The van der Waals surface area contributed by atoms with Crippen LogP contribution in [0.3, 0.4) is 0 Å². The number of rotatable bonds is 9. The maximum Gasteiger partial charge on any atom is 0.155 e. The van der Waals surface area contributed by atoms with E-state index in [1.54, 1.807) is 27.9 Å². The van der Waals surface area contributed by atoms with Gasteiger partial charge in [0.2, 0.25) is 0 Å². The van der Waals surface area contributed by atoms with Crippen molar-refractivity contribution in [1.82, 2.24) is 5.32 Å². The molecular formula is C12H27NO3S. The quantitative estimate of drug-likeness (QED) is 0.644. The Bertz CT molecular complexity index is 281. The van der Waals surface area contributed by atoms with Gasteiger partial charge >= 0.3 is 0 Å². The second-order valence-corrected chi connectivity index (χ2v) is 8.10. The minimum atomic E-state index is -2.94. The van der Waals surface area contributed by atoms with Gasteiger partial charge in [-0.05, 0) is 40.2 Å². The van der Waals surface area contributed by atoms with Gasteiger partial charge in [0, 0.05) is 13.7 Å². The first-order chi connectivity index (χ1) is 7.81. The lowest BCUT2D eigenvalue weighted by atomic mass is 10.2. The molecule has 0 aromatic carbocycles. The molecule has 0 rings (SSSR count). The summed E-state index contributed by atoms with van der Waals surface area (Å²) in [6, 6.07) is 0. The van der Waals surface area contributed by atoms with Crippen molar-refractivity contribution in [3.63, 3.8) is 0 Å². The molecule has 0 saturated carbocycles. The molecule has 0 atom stereocenters. The minimum absolute atomic E-state index is 0.300. The van der Waals surface area contributed by atoms with Crippen molar-refractivity contribution in [3.8, 4) is 0 Å². The van der Waals surface area contributed by atoms with E-state index in [2.05, 4.69) is 5.32 Å². The first kappa shape index (κ1) is 16.9. The highest BCUT2D eigenvalue weighted by Gasteiger charge is 2.27. The summed E-state index contributed by atoms with van der Waals surface area (Å²) in [6.07, 6.45) is 2.73. The van der Waals surface area contributed by atoms with Crippen molar-refractivity contribution in [3.05, 3.63) is 0 Å². The largest absolute Gasteiger partial charge is 0.383 e. The lowest BCUT2D eigenvalue weighted by Crippen LogP contribution is -2.30. The summed E-state index contributed by atoms with van der Waals surface area (Å²) in [5.74, 6) is 0.300. The summed E-state index contributed by atoms with van der Waals surface area (Å²) in [5.41, 5.74) is 0. The molecule has 1 N–H and O–H groups in total. The highest BCUT2D eigenvalue weighted by molar-refractivity contribution is 7.92. The Kier molecular flexibility index (Phi) is 8.00. The summed E-state index contributed by atoms with van der Waals surface area (Å²) < 4.78 is 27.9. The summed E-state index contributed by atoms with van der Waals surface area (Å²) >= 11 is 0. The molecule has 0 unspecified atom stereocenters. The van der Waals surface area contributed by atoms with Crippen molar-refractivity contribution in [2.45, 2.75) is 44.8 Å². The van der Waals surface area contributed by atoms with Gasteiger partial charge in [0.25, 0.3) is 0 Å². The zero-order chi connectivity index (χ0) is 13.4. The zero-order valence-electron chi connectivity index (χ0n) is 11.6. The fraction of sp³-hybridized carbons (Fsp3) is 1.00. The average molecular weight is 265 g/mol. The van der Waals surface area contributed by atoms with Gasteiger partial charge < -0.3 is 10.1 Å². The number of nitrogens with one attached hydrogen (secondary N) is 1. The molecule has 5 heteroatoms. The monoisotopic (exact) mass is 265 g/mol. The number of hydrogen-bond acceptors (Lipinski definition) is 4. The highest BCUT2D eigenvalue weighted by atomic mass is 32.2. The van der Waals surface area contributed by atoms with Crippen LogP contribution in [0.1, 0.15) is 40.0 Å². The number of unbranched alkanes of at least 4 members (excludes halogenated alkanes) is 2. The van der Waals surface area contributed by atoms with E-state index in [9.17, 15) is 8.42 Å². The van der Waals surface area contributed by atoms with Crippen LogP contribution in [-0.2, 0) is 14.6 Å². The van der Waals surface area contributed by atoms with Crippen molar-refractivity contribution < 1.29 is 13.2 Å². The Hall–Kier alpha value is -0.130. The van der Waals surface area contributed by atoms with E-state index in [-0.39, 0.29) is 0 Å². The van der Waals surface area contributed by atoms with Gasteiger partial charge in [-0.3, -0.25) is 0 Å². The molecule has 0 radical (unpaired) electrons. The van der Waals surface area contributed by atoms with Gasteiger partial charge in [0.05, 0.1) is 17.1 Å². The van der Waals surface area contributed by atoms with Crippen LogP contribution in [-0.4, -0.2) is 45.7 Å². The molecule has 0 aliphatic rings. The van der Waals surface area contributed by atoms with Crippen molar-refractivity contribution in [2.24, 2.45) is 0 Å².